The summed E-state index contributed by atoms with van der Waals surface area (Å²) in [5.74, 6) is 0.813. The number of carbonyl (C=O) groups excluding carboxylic acids is 1. The average molecular weight is 351 g/mol. The molecule has 3 heteroatoms. The molecule has 0 amide bonds. The Labute approximate surface area is 157 Å². The molecular weight excluding hydrogens is 322 g/mol. The van der Waals surface area contributed by atoms with Crippen LogP contribution >= 0.6 is 0 Å². The van der Waals surface area contributed by atoms with Crippen LogP contribution < -0.4 is 4.74 Å². The number of aliphatic imine (C=N–C) groups is 1. The number of rotatable bonds is 4. The lowest BCUT2D eigenvalue weighted by atomic mass is 9.72. The van der Waals surface area contributed by atoms with Gasteiger partial charge >= 0.3 is 0 Å². The number of carbonyl (C=O) groups is 1. The highest BCUT2D eigenvalue weighted by molar-refractivity contribution is 6.23. The molecule has 0 heterocycles. The number of benzene rings is 1. The first-order valence-corrected chi connectivity index (χ1v) is 8.94. The number of hydrogen-bond donors (Lipinski definition) is 0. The van der Waals surface area contributed by atoms with Crippen molar-refractivity contribution < 1.29 is 9.53 Å². The van der Waals surface area contributed by atoms with E-state index >= 15 is 0 Å². The van der Waals surface area contributed by atoms with Crippen LogP contribution in [0.3, 0.4) is 0 Å². The maximum Gasteiger partial charge on any atom is 0.186 e. The van der Waals surface area contributed by atoms with E-state index in [0.29, 0.717) is 12.4 Å². The van der Waals surface area contributed by atoms with Gasteiger partial charge in [0.1, 0.15) is 18.0 Å². The van der Waals surface area contributed by atoms with Gasteiger partial charge in [0.25, 0.3) is 0 Å². The molecule has 0 saturated carbocycles. The summed E-state index contributed by atoms with van der Waals surface area (Å²) in [6.07, 6.45) is 5.52. The van der Waals surface area contributed by atoms with Crippen molar-refractivity contribution in [2.24, 2.45) is 15.8 Å². The van der Waals surface area contributed by atoms with E-state index in [9.17, 15) is 4.79 Å². The van der Waals surface area contributed by atoms with Crippen LogP contribution in [-0.4, -0.2) is 18.1 Å². The first kappa shape index (κ1) is 19.9. The largest absolute Gasteiger partial charge is 0.487 e. The normalized spacial score (nSPS) is 15.3. The number of allylic oxidation sites excluding steroid dienone is 4. The first-order valence-electron chi connectivity index (χ1n) is 8.94. The predicted octanol–water partition coefficient (Wildman–Crippen LogP) is 5.85. The minimum atomic E-state index is -0.249. The number of ether oxygens (including phenoxy) is 1. The Morgan fingerprint density at radius 2 is 1.54 bits per heavy atom. The van der Waals surface area contributed by atoms with E-state index in [1.807, 2.05) is 36.4 Å². The predicted molar refractivity (Wildman–Crippen MR) is 109 cm³/mol. The van der Waals surface area contributed by atoms with Gasteiger partial charge in [0, 0.05) is 11.1 Å². The van der Waals surface area contributed by atoms with Crippen LogP contribution in [-0.2, 0) is 4.79 Å². The van der Waals surface area contributed by atoms with Crippen molar-refractivity contribution in [1.29, 1.82) is 0 Å². The quantitative estimate of drug-likeness (QED) is 0.504. The summed E-state index contributed by atoms with van der Waals surface area (Å²) in [5, 5.41) is 0. The van der Waals surface area contributed by atoms with E-state index in [-0.39, 0.29) is 16.6 Å². The standard InChI is InChI=1S/C23H29NO2/c1-8-13-26-20-12-10-9-11-19(20)24-16-14-17(22(2,3)4)21(25)18(15-16)23(5,6)7/h8-12,14-15H,1,13H2,2-7H3. The van der Waals surface area contributed by atoms with Gasteiger partial charge in [-0.2, -0.15) is 0 Å². The summed E-state index contributed by atoms with van der Waals surface area (Å²) in [6, 6.07) is 7.65. The molecule has 0 unspecified atom stereocenters. The second-order valence-electron chi connectivity index (χ2n) is 8.55. The molecule has 26 heavy (non-hydrogen) atoms. The minimum Gasteiger partial charge on any atom is -0.487 e. The maximum absolute atomic E-state index is 13.0. The Morgan fingerprint density at radius 1 is 1.00 bits per heavy atom. The summed E-state index contributed by atoms with van der Waals surface area (Å²) in [4.78, 5) is 17.8. The molecule has 0 spiro atoms. The summed E-state index contributed by atoms with van der Waals surface area (Å²) >= 11 is 0. The van der Waals surface area contributed by atoms with Gasteiger partial charge in [0.15, 0.2) is 5.78 Å². The zero-order valence-corrected chi connectivity index (χ0v) is 16.7. The van der Waals surface area contributed by atoms with Gasteiger partial charge in [-0.25, -0.2) is 4.99 Å². The fourth-order valence-corrected chi connectivity index (χ4v) is 2.75. The highest BCUT2D eigenvalue weighted by Gasteiger charge is 2.34. The van der Waals surface area contributed by atoms with E-state index in [1.54, 1.807) is 6.08 Å². The SMILES string of the molecule is C=CCOc1ccccc1N=C1C=C(C(C)(C)C)C(=O)C(C(C)(C)C)=C1. The van der Waals surface area contributed by atoms with Crippen molar-refractivity contribution in [1.82, 2.24) is 0 Å². The fourth-order valence-electron chi connectivity index (χ4n) is 2.75. The summed E-state index contributed by atoms with van der Waals surface area (Å²) < 4.78 is 5.70. The van der Waals surface area contributed by atoms with Crippen molar-refractivity contribution in [3.8, 4) is 5.75 Å². The second-order valence-corrected chi connectivity index (χ2v) is 8.55. The Balaban J connectivity index is 2.57. The Bertz CT molecular complexity index is 760. The third-order valence-electron chi connectivity index (χ3n) is 4.16. The molecule has 138 valence electrons. The number of para-hydroxylation sites is 2. The Kier molecular flexibility index (Phi) is 5.70. The highest BCUT2D eigenvalue weighted by Crippen LogP contribution is 2.38. The van der Waals surface area contributed by atoms with E-state index in [4.69, 9.17) is 9.73 Å². The summed E-state index contributed by atoms with van der Waals surface area (Å²) in [7, 11) is 0. The van der Waals surface area contributed by atoms with Crippen molar-refractivity contribution in [3.05, 3.63) is 60.2 Å². The first-order chi connectivity index (χ1) is 12.0. The zero-order chi connectivity index (χ0) is 19.5. The molecule has 0 atom stereocenters. The molecule has 0 radical (unpaired) electrons. The molecule has 0 aromatic heterocycles. The van der Waals surface area contributed by atoms with Crippen molar-refractivity contribution >= 4 is 17.2 Å². The molecule has 3 nitrogen and oxygen atoms in total. The monoisotopic (exact) mass is 351 g/mol. The van der Waals surface area contributed by atoms with Crippen LogP contribution in [0.5, 0.6) is 5.75 Å². The van der Waals surface area contributed by atoms with Gasteiger partial charge in [0.05, 0.1) is 5.71 Å². The van der Waals surface area contributed by atoms with Crippen LogP contribution in [0, 0.1) is 10.8 Å². The Morgan fingerprint density at radius 3 is 2.04 bits per heavy atom. The molecule has 2 rings (SSSR count). The van der Waals surface area contributed by atoms with E-state index in [1.165, 1.54) is 0 Å². The molecule has 0 aliphatic heterocycles. The number of nitrogens with zero attached hydrogens (tertiary/aromatic N) is 1. The molecule has 1 aliphatic rings. The average Bonchev–Trinajstić information content (AvgIpc) is 2.53. The molecule has 0 bridgehead atoms. The topological polar surface area (TPSA) is 38.7 Å². The lowest BCUT2D eigenvalue weighted by Crippen LogP contribution is -2.29. The third-order valence-corrected chi connectivity index (χ3v) is 4.16. The van der Waals surface area contributed by atoms with Crippen LogP contribution in [0.2, 0.25) is 0 Å². The molecule has 0 saturated heterocycles. The molecule has 0 fully saturated rings. The van der Waals surface area contributed by atoms with Gasteiger partial charge in [-0.05, 0) is 35.1 Å². The lowest BCUT2D eigenvalue weighted by molar-refractivity contribution is -0.114. The van der Waals surface area contributed by atoms with Crippen molar-refractivity contribution in [2.45, 2.75) is 41.5 Å². The molecule has 1 aromatic carbocycles. The van der Waals surface area contributed by atoms with E-state index < -0.39 is 0 Å². The third kappa shape index (κ3) is 4.60. The van der Waals surface area contributed by atoms with Gasteiger partial charge in [0.2, 0.25) is 0 Å². The maximum atomic E-state index is 13.0. The summed E-state index contributed by atoms with van der Waals surface area (Å²) in [5.41, 5.74) is 2.59. The van der Waals surface area contributed by atoms with Gasteiger partial charge < -0.3 is 4.74 Å². The lowest BCUT2D eigenvalue weighted by Gasteiger charge is -2.31. The van der Waals surface area contributed by atoms with Crippen molar-refractivity contribution in [2.75, 3.05) is 6.61 Å². The van der Waals surface area contributed by atoms with E-state index in [2.05, 4.69) is 48.1 Å². The van der Waals surface area contributed by atoms with Crippen LogP contribution in [0.1, 0.15) is 41.5 Å². The molecule has 0 N–H and O–H groups in total. The number of hydrogen-bond acceptors (Lipinski definition) is 3. The zero-order valence-electron chi connectivity index (χ0n) is 16.7. The smallest absolute Gasteiger partial charge is 0.186 e. The fraction of sp³-hybridized carbons (Fsp3) is 0.391. The molecule has 1 aliphatic carbocycles. The minimum absolute atomic E-state index is 0.111. The van der Waals surface area contributed by atoms with Crippen LogP contribution in [0.15, 0.2) is 65.2 Å². The van der Waals surface area contributed by atoms with Gasteiger partial charge in [-0.3, -0.25) is 4.79 Å². The molecule has 1 aromatic rings. The second kappa shape index (κ2) is 7.45. The summed E-state index contributed by atoms with van der Waals surface area (Å²) in [6.45, 7) is 16.4. The van der Waals surface area contributed by atoms with Gasteiger partial charge in [-0.1, -0.05) is 66.3 Å². The Hall–Kier alpha value is -2.42. The van der Waals surface area contributed by atoms with Crippen molar-refractivity contribution in [3.63, 3.8) is 0 Å². The highest BCUT2D eigenvalue weighted by atomic mass is 16.5. The number of ketones is 1. The van der Waals surface area contributed by atoms with E-state index in [0.717, 1.165) is 22.5 Å². The number of Topliss-reactive ketones (excluding diaryl/α,β-unsaturated/α-hetero) is 1. The van der Waals surface area contributed by atoms with Crippen LogP contribution in [0.4, 0.5) is 5.69 Å². The van der Waals surface area contributed by atoms with Gasteiger partial charge in [-0.15, -0.1) is 0 Å². The molecular formula is C23H29NO2. The van der Waals surface area contributed by atoms with Crippen LogP contribution in [0.25, 0.3) is 0 Å².